The highest BCUT2D eigenvalue weighted by Gasteiger charge is 2.30. The van der Waals surface area contributed by atoms with Crippen molar-refractivity contribution in [3.63, 3.8) is 0 Å². The molecule has 2 aromatic carbocycles. The maximum Gasteiger partial charge on any atom is 0.266 e. The molecule has 0 atom stereocenters. The lowest BCUT2D eigenvalue weighted by molar-refractivity contribution is -0.121. The van der Waals surface area contributed by atoms with Crippen LogP contribution in [0.15, 0.2) is 46.3 Å². The molecule has 2 aliphatic heterocycles. The van der Waals surface area contributed by atoms with Crippen molar-refractivity contribution >= 4 is 34.6 Å². The standard InChI is InChI=1S/C20H18N2O3S/c1-12-4-5-13(2)15(8-12)21-20-22(3)19(23)18(26-20)10-14-6-7-16-17(9-14)25-11-24-16/h4-10H,11H2,1-3H3. The molecule has 0 saturated carbocycles. The molecule has 0 spiro atoms. The summed E-state index contributed by atoms with van der Waals surface area (Å²) in [5.74, 6) is 1.37. The minimum absolute atomic E-state index is 0.0586. The molecule has 2 heterocycles. The Morgan fingerprint density at radius 2 is 1.92 bits per heavy atom. The first-order valence-corrected chi connectivity index (χ1v) is 9.06. The average molecular weight is 366 g/mol. The highest BCUT2D eigenvalue weighted by Crippen LogP contribution is 2.37. The largest absolute Gasteiger partial charge is 0.454 e. The first-order valence-electron chi connectivity index (χ1n) is 8.24. The SMILES string of the molecule is Cc1ccc(C)c(N=C2SC(=Cc3ccc4c(c3)OCO4)C(=O)N2C)c1. The highest BCUT2D eigenvalue weighted by atomic mass is 32.2. The summed E-state index contributed by atoms with van der Waals surface area (Å²) >= 11 is 1.38. The van der Waals surface area contributed by atoms with Crippen LogP contribution in [0.5, 0.6) is 11.5 Å². The predicted molar refractivity (Wildman–Crippen MR) is 104 cm³/mol. The number of likely N-dealkylation sites (N-methyl/N-ethyl adjacent to an activating group) is 1. The van der Waals surface area contributed by atoms with E-state index in [0.29, 0.717) is 15.8 Å². The van der Waals surface area contributed by atoms with Gasteiger partial charge in [-0.05, 0) is 66.6 Å². The van der Waals surface area contributed by atoms with Gasteiger partial charge in [-0.2, -0.15) is 0 Å². The summed E-state index contributed by atoms with van der Waals surface area (Å²) in [5.41, 5.74) is 4.00. The normalized spacial score (nSPS) is 19.0. The van der Waals surface area contributed by atoms with Crippen LogP contribution in [0.25, 0.3) is 6.08 Å². The van der Waals surface area contributed by atoms with Crippen LogP contribution >= 0.6 is 11.8 Å². The Balaban J connectivity index is 1.65. The minimum Gasteiger partial charge on any atom is -0.454 e. The van der Waals surface area contributed by atoms with Crippen LogP contribution in [0.4, 0.5) is 5.69 Å². The van der Waals surface area contributed by atoms with E-state index in [4.69, 9.17) is 14.5 Å². The molecule has 0 radical (unpaired) electrons. The molecule has 0 aliphatic carbocycles. The molecule has 0 aromatic heterocycles. The van der Waals surface area contributed by atoms with Crippen molar-refractivity contribution in [3.8, 4) is 11.5 Å². The van der Waals surface area contributed by atoms with Crippen LogP contribution < -0.4 is 9.47 Å². The van der Waals surface area contributed by atoms with Crippen molar-refractivity contribution in [2.45, 2.75) is 13.8 Å². The summed E-state index contributed by atoms with van der Waals surface area (Å²) in [7, 11) is 1.75. The van der Waals surface area contributed by atoms with Gasteiger partial charge >= 0.3 is 0 Å². The van der Waals surface area contributed by atoms with Gasteiger partial charge in [0.2, 0.25) is 6.79 Å². The average Bonchev–Trinajstić information content (AvgIpc) is 3.18. The fraction of sp³-hybridized carbons (Fsp3) is 0.200. The number of amides is 1. The third kappa shape index (κ3) is 3.08. The van der Waals surface area contributed by atoms with Crippen molar-refractivity contribution in [2.24, 2.45) is 4.99 Å². The summed E-state index contributed by atoms with van der Waals surface area (Å²) < 4.78 is 10.7. The van der Waals surface area contributed by atoms with Gasteiger partial charge < -0.3 is 9.47 Å². The van der Waals surface area contributed by atoms with Gasteiger partial charge in [-0.15, -0.1) is 0 Å². The number of ether oxygens (including phenoxy) is 2. The zero-order valence-corrected chi connectivity index (χ0v) is 15.6. The number of rotatable bonds is 2. The van der Waals surface area contributed by atoms with E-state index >= 15 is 0 Å². The van der Waals surface area contributed by atoms with Crippen molar-refractivity contribution in [1.29, 1.82) is 0 Å². The minimum atomic E-state index is -0.0586. The molecule has 5 nitrogen and oxygen atoms in total. The van der Waals surface area contributed by atoms with Crippen LogP contribution in [-0.4, -0.2) is 29.8 Å². The molecule has 1 fully saturated rings. The summed E-state index contributed by atoms with van der Waals surface area (Å²) in [5, 5.41) is 0.677. The van der Waals surface area contributed by atoms with E-state index in [2.05, 4.69) is 6.07 Å². The van der Waals surface area contributed by atoms with Crippen molar-refractivity contribution < 1.29 is 14.3 Å². The summed E-state index contributed by atoms with van der Waals surface area (Å²) in [4.78, 5) is 19.5. The zero-order chi connectivity index (χ0) is 18.3. The van der Waals surface area contributed by atoms with Crippen LogP contribution in [-0.2, 0) is 4.79 Å². The fourth-order valence-electron chi connectivity index (χ4n) is 2.75. The molecule has 2 aliphatic rings. The smallest absolute Gasteiger partial charge is 0.266 e. The second-order valence-corrected chi connectivity index (χ2v) is 7.28. The number of carbonyl (C=O) groups excluding carboxylic acids is 1. The van der Waals surface area contributed by atoms with Gasteiger partial charge in [-0.25, -0.2) is 4.99 Å². The molecule has 26 heavy (non-hydrogen) atoms. The maximum atomic E-state index is 12.6. The molecular weight excluding hydrogens is 348 g/mol. The van der Waals surface area contributed by atoms with Gasteiger partial charge in [0, 0.05) is 7.05 Å². The van der Waals surface area contributed by atoms with E-state index in [1.165, 1.54) is 11.8 Å². The topological polar surface area (TPSA) is 51.1 Å². The quantitative estimate of drug-likeness (QED) is 0.745. The molecule has 1 amide bonds. The van der Waals surface area contributed by atoms with Crippen LogP contribution in [0.2, 0.25) is 0 Å². The monoisotopic (exact) mass is 366 g/mol. The van der Waals surface area contributed by atoms with Gasteiger partial charge in [0.15, 0.2) is 16.7 Å². The number of carbonyl (C=O) groups is 1. The van der Waals surface area contributed by atoms with Gasteiger partial charge in [0.25, 0.3) is 5.91 Å². The first-order chi connectivity index (χ1) is 12.5. The Kier molecular flexibility index (Phi) is 4.20. The van der Waals surface area contributed by atoms with Crippen LogP contribution in [0.3, 0.4) is 0 Å². The molecule has 2 aromatic rings. The van der Waals surface area contributed by atoms with E-state index in [-0.39, 0.29) is 12.7 Å². The number of aliphatic imine (C=N–C) groups is 1. The first kappa shape index (κ1) is 16.7. The number of aryl methyl sites for hydroxylation is 2. The van der Waals surface area contributed by atoms with E-state index in [1.54, 1.807) is 11.9 Å². The van der Waals surface area contributed by atoms with Crippen LogP contribution in [0, 0.1) is 13.8 Å². The molecule has 1 saturated heterocycles. The molecule has 132 valence electrons. The van der Waals surface area contributed by atoms with E-state index < -0.39 is 0 Å². The Bertz CT molecular complexity index is 966. The van der Waals surface area contributed by atoms with E-state index in [0.717, 1.165) is 28.1 Å². The van der Waals surface area contributed by atoms with Crippen molar-refractivity contribution in [3.05, 3.63) is 58.0 Å². The Morgan fingerprint density at radius 3 is 2.77 bits per heavy atom. The lowest BCUT2D eigenvalue weighted by Crippen LogP contribution is -2.23. The second-order valence-electron chi connectivity index (χ2n) is 6.27. The number of fused-ring (bicyclic) bond motifs is 1. The summed E-state index contributed by atoms with van der Waals surface area (Å²) in [6, 6.07) is 11.8. The third-order valence-electron chi connectivity index (χ3n) is 4.28. The van der Waals surface area contributed by atoms with Crippen LogP contribution in [0.1, 0.15) is 16.7 Å². The Morgan fingerprint density at radius 1 is 1.12 bits per heavy atom. The zero-order valence-electron chi connectivity index (χ0n) is 14.8. The molecule has 0 bridgehead atoms. The van der Waals surface area contributed by atoms with Gasteiger partial charge in [-0.3, -0.25) is 9.69 Å². The van der Waals surface area contributed by atoms with Crippen molar-refractivity contribution in [1.82, 2.24) is 4.90 Å². The summed E-state index contributed by atoms with van der Waals surface area (Å²) in [6.07, 6.45) is 1.86. The number of hydrogen-bond donors (Lipinski definition) is 0. The fourth-order valence-corrected chi connectivity index (χ4v) is 3.73. The van der Waals surface area contributed by atoms with Gasteiger partial charge in [0.1, 0.15) is 0 Å². The van der Waals surface area contributed by atoms with E-state index in [9.17, 15) is 4.79 Å². The van der Waals surface area contributed by atoms with Gasteiger partial charge in [0.05, 0.1) is 10.6 Å². The molecule has 0 unspecified atom stereocenters. The van der Waals surface area contributed by atoms with E-state index in [1.807, 2.05) is 50.3 Å². The number of benzene rings is 2. The summed E-state index contributed by atoms with van der Waals surface area (Å²) in [6.45, 7) is 4.28. The van der Waals surface area contributed by atoms with Gasteiger partial charge in [-0.1, -0.05) is 18.2 Å². The third-order valence-corrected chi connectivity index (χ3v) is 5.34. The highest BCUT2D eigenvalue weighted by molar-refractivity contribution is 8.18. The van der Waals surface area contributed by atoms with Crippen molar-refractivity contribution in [2.75, 3.05) is 13.8 Å². The molecule has 4 rings (SSSR count). The lowest BCUT2D eigenvalue weighted by atomic mass is 10.1. The molecule has 6 heteroatoms. The lowest BCUT2D eigenvalue weighted by Gasteiger charge is -2.08. The Hall–Kier alpha value is -2.73. The Labute approximate surface area is 156 Å². The maximum absolute atomic E-state index is 12.6. The molecule has 0 N–H and O–H groups in total. The number of nitrogens with zero attached hydrogens (tertiary/aromatic N) is 2. The number of hydrogen-bond acceptors (Lipinski definition) is 5. The molecular formula is C20H18N2O3S. The predicted octanol–water partition coefficient (Wildman–Crippen LogP) is 4.27. The number of thioether (sulfide) groups is 1. The number of amidine groups is 1. The second kappa shape index (κ2) is 6.53.